The zero-order chi connectivity index (χ0) is 26.7. The third-order valence-electron chi connectivity index (χ3n) is 9.00. The molecule has 2 aromatic carbocycles. The van der Waals surface area contributed by atoms with E-state index in [-0.39, 0.29) is 40.7 Å². The number of fused-ring (bicyclic) bond motifs is 2. The van der Waals surface area contributed by atoms with Gasteiger partial charge in [-0.3, -0.25) is 0 Å². The van der Waals surface area contributed by atoms with Crippen molar-refractivity contribution in [2.75, 3.05) is 0 Å². The number of benzene rings is 2. The van der Waals surface area contributed by atoms with Gasteiger partial charge in [-0.05, 0) is 0 Å². The van der Waals surface area contributed by atoms with Gasteiger partial charge in [0.1, 0.15) is 0 Å². The molecule has 39 heavy (non-hydrogen) atoms. The van der Waals surface area contributed by atoms with E-state index in [1.165, 1.54) is 36.8 Å². The molecule has 2 aromatic rings. The molecule has 0 saturated heterocycles. The fourth-order valence-corrected chi connectivity index (χ4v) is 23.7. The maximum Gasteiger partial charge on any atom is -1.00 e. The molecule has 0 amide bonds. The van der Waals surface area contributed by atoms with Gasteiger partial charge in [-0.2, -0.15) is 0 Å². The van der Waals surface area contributed by atoms with Crippen LogP contribution >= 0.6 is 15.8 Å². The molecule has 0 radical (unpaired) electrons. The summed E-state index contributed by atoms with van der Waals surface area (Å²) in [6.07, 6.45) is 10.6. The molecule has 0 fully saturated rings. The van der Waals surface area contributed by atoms with E-state index in [4.69, 9.17) is 0 Å². The smallest absolute Gasteiger partial charge is 1.00 e. The first-order valence-electron chi connectivity index (χ1n) is 14.8. The summed E-state index contributed by atoms with van der Waals surface area (Å²) in [5.74, 6) is 0. The minimum absolute atomic E-state index is 0. The Morgan fingerprint density at radius 2 is 0.872 bits per heavy atom. The summed E-state index contributed by atoms with van der Waals surface area (Å²) in [6, 6.07) is 18.9. The summed E-state index contributed by atoms with van der Waals surface area (Å²) in [4.78, 5) is 0. The summed E-state index contributed by atoms with van der Waals surface area (Å²) < 4.78 is 1.49. The molecule has 6 unspecified atom stereocenters. The molecule has 0 saturated carbocycles. The first kappa shape index (κ1) is 35.4. The van der Waals surface area contributed by atoms with Gasteiger partial charge in [0.2, 0.25) is 0 Å². The Hall–Kier alpha value is 0.230. The van der Waals surface area contributed by atoms with Crippen molar-refractivity contribution in [3.05, 3.63) is 81.4 Å². The van der Waals surface area contributed by atoms with Crippen LogP contribution in [-0.4, -0.2) is 22.6 Å². The fraction of sp³-hybridized carbons (Fsp3) is 0.529. The van der Waals surface area contributed by atoms with Crippen LogP contribution in [0.3, 0.4) is 0 Å². The Labute approximate surface area is 266 Å². The Kier molecular flexibility index (Phi) is 14.7. The molecule has 4 rings (SSSR count). The van der Waals surface area contributed by atoms with E-state index in [1.54, 1.807) is 11.1 Å². The van der Waals surface area contributed by atoms with Crippen LogP contribution in [0.5, 0.6) is 0 Å². The summed E-state index contributed by atoms with van der Waals surface area (Å²) in [5.41, 5.74) is 9.66. The zero-order valence-corrected chi connectivity index (χ0v) is 32.1. The van der Waals surface area contributed by atoms with E-state index in [1.807, 2.05) is 10.6 Å². The number of rotatable bonds is 12. The Bertz CT molecular complexity index is 1020. The summed E-state index contributed by atoms with van der Waals surface area (Å²) >= 11 is -1.19. The third kappa shape index (κ3) is 7.42. The average Bonchev–Trinajstić information content (AvgIpc) is 3.46. The zero-order valence-electron chi connectivity index (χ0n) is 25.2. The fourth-order valence-electron chi connectivity index (χ4n) is 6.25. The molecule has 0 heterocycles. The number of hydrogen-bond donors (Lipinski definition) is 0. The summed E-state index contributed by atoms with van der Waals surface area (Å²) in [7, 11) is -0.245. The van der Waals surface area contributed by atoms with Crippen LogP contribution in [0.2, 0.25) is 0 Å². The van der Waals surface area contributed by atoms with Crippen LogP contribution in [0.25, 0.3) is 12.2 Å². The van der Waals surface area contributed by atoms with Crippen molar-refractivity contribution in [1.29, 1.82) is 0 Å². The van der Waals surface area contributed by atoms with Crippen molar-refractivity contribution in [3.63, 3.8) is 0 Å². The predicted molar refractivity (Wildman–Crippen MR) is 167 cm³/mol. The Balaban J connectivity index is 0.00000267. The van der Waals surface area contributed by atoms with Gasteiger partial charge in [0.05, 0.1) is 0 Å². The quantitative estimate of drug-likeness (QED) is 0.200. The summed E-state index contributed by atoms with van der Waals surface area (Å²) in [5, 5.41) is 3.76. The van der Waals surface area contributed by atoms with Crippen LogP contribution < -0.4 is 24.8 Å². The van der Waals surface area contributed by atoms with E-state index in [2.05, 4.69) is 116 Å². The molecule has 2 aliphatic rings. The van der Waals surface area contributed by atoms with Crippen molar-refractivity contribution < 1.29 is 47.7 Å². The maximum atomic E-state index is 2.69. The van der Waals surface area contributed by atoms with Crippen LogP contribution in [-0.2, 0) is 22.9 Å². The molecular weight excluding hydrogens is 720 g/mol. The normalized spacial score (nSPS) is 21.9. The molecule has 212 valence electrons. The van der Waals surface area contributed by atoms with E-state index >= 15 is 0 Å². The van der Waals surface area contributed by atoms with Crippen molar-refractivity contribution in [2.45, 2.75) is 111 Å². The standard InChI is InChI=1S/2C17H24P.2ClH.Hf/c2*1-5-13(3)18(14(4)6-2)17-11-15-9-7-8-10-16(15)12-17;;;/h2*7-14H,5-6H2,1-4H3;2*1H;/q;;;;+2/p-2. The second-order valence-electron chi connectivity index (χ2n) is 11.3. The molecule has 0 bridgehead atoms. The third-order valence-corrected chi connectivity index (χ3v) is 24.8. The molecule has 2 aliphatic carbocycles. The monoisotopic (exact) mass is 768 g/mol. The molecule has 0 N–H and O–H groups in total. The minimum Gasteiger partial charge on any atom is -1.00 e. The van der Waals surface area contributed by atoms with E-state index in [0.717, 1.165) is 30.0 Å². The van der Waals surface area contributed by atoms with Gasteiger partial charge in [0.25, 0.3) is 0 Å². The first-order chi connectivity index (χ1) is 17.9. The molecule has 0 aromatic heterocycles. The van der Waals surface area contributed by atoms with Gasteiger partial charge in [-0.15, -0.1) is 0 Å². The van der Waals surface area contributed by atoms with Gasteiger partial charge in [-0.1, -0.05) is 0 Å². The summed E-state index contributed by atoms with van der Waals surface area (Å²) in [6.45, 7) is 19.9. The van der Waals surface area contributed by atoms with E-state index < -0.39 is 22.9 Å². The topological polar surface area (TPSA) is 0 Å². The first-order valence-corrected chi connectivity index (χ1v) is 21.9. The molecule has 0 aliphatic heterocycles. The number of allylic oxidation sites excluding steroid dienone is 2. The molecular formula is C34H48Cl2HfP2. The van der Waals surface area contributed by atoms with Gasteiger partial charge in [0, 0.05) is 0 Å². The molecule has 0 spiro atoms. The van der Waals surface area contributed by atoms with E-state index in [0.29, 0.717) is 0 Å². The average molecular weight is 768 g/mol. The SMILES string of the molecule is CCC(C)P(C1=Cc2ccccc2[CH]1[Hf+2][CH]1C(P(C(C)CC)C(C)CC)=Cc2ccccc21)C(C)CC.[Cl-].[Cl-]. The number of hydrogen-bond acceptors (Lipinski definition) is 0. The largest absolute Gasteiger partial charge is 1.00 e. The van der Waals surface area contributed by atoms with Gasteiger partial charge >= 0.3 is 243 Å². The van der Waals surface area contributed by atoms with Gasteiger partial charge in [-0.25, -0.2) is 0 Å². The van der Waals surface area contributed by atoms with Crippen LogP contribution in [0.4, 0.5) is 0 Å². The van der Waals surface area contributed by atoms with Crippen LogP contribution in [0.1, 0.15) is 111 Å². The van der Waals surface area contributed by atoms with Gasteiger partial charge in [0.15, 0.2) is 0 Å². The number of halogens is 2. The van der Waals surface area contributed by atoms with Crippen molar-refractivity contribution in [2.24, 2.45) is 0 Å². The molecule has 0 nitrogen and oxygen atoms in total. The minimum atomic E-state index is -1.19. The molecule has 5 heteroatoms. The molecule has 6 atom stereocenters. The Morgan fingerprint density at radius 3 is 1.18 bits per heavy atom. The second-order valence-corrected chi connectivity index (χ2v) is 22.8. The van der Waals surface area contributed by atoms with Crippen LogP contribution in [0.15, 0.2) is 59.2 Å². The van der Waals surface area contributed by atoms with Crippen molar-refractivity contribution in [3.8, 4) is 0 Å². The van der Waals surface area contributed by atoms with Gasteiger partial charge < -0.3 is 24.8 Å². The van der Waals surface area contributed by atoms with Crippen LogP contribution in [0, 0.1) is 0 Å². The second kappa shape index (κ2) is 16.2. The Morgan fingerprint density at radius 1 is 0.564 bits per heavy atom. The van der Waals surface area contributed by atoms with Crippen molar-refractivity contribution in [1.82, 2.24) is 0 Å². The van der Waals surface area contributed by atoms with E-state index in [9.17, 15) is 0 Å². The predicted octanol–water partition coefficient (Wildman–Crippen LogP) is 5.43. The van der Waals surface area contributed by atoms with Crippen molar-refractivity contribution >= 4 is 28.0 Å². The maximum absolute atomic E-state index is 2.69.